The van der Waals surface area contributed by atoms with E-state index in [4.69, 9.17) is 11.6 Å². The molecule has 224 valence electrons. The van der Waals surface area contributed by atoms with Gasteiger partial charge in [-0.25, -0.2) is 0 Å². The van der Waals surface area contributed by atoms with Crippen molar-refractivity contribution in [3.05, 3.63) is 76.8 Å². The zero-order chi connectivity index (χ0) is 30.5. The van der Waals surface area contributed by atoms with Crippen molar-refractivity contribution >= 4 is 47.6 Å². The van der Waals surface area contributed by atoms with Crippen LogP contribution in [-0.4, -0.2) is 54.6 Å². The van der Waals surface area contributed by atoms with Gasteiger partial charge in [-0.2, -0.15) is 0 Å². The van der Waals surface area contributed by atoms with Gasteiger partial charge in [-0.3, -0.25) is 19.2 Å². The number of halogens is 1. The summed E-state index contributed by atoms with van der Waals surface area (Å²) in [5, 5.41) is 11.5. The minimum Gasteiger partial charge on any atom is -0.356 e. The van der Waals surface area contributed by atoms with Crippen LogP contribution in [0.15, 0.2) is 60.7 Å². The van der Waals surface area contributed by atoms with Gasteiger partial charge in [0.2, 0.25) is 23.6 Å². The van der Waals surface area contributed by atoms with Gasteiger partial charge in [0, 0.05) is 30.0 Å². The van der Waals surface area contributed by atoms with Crippen molar-refractivity contribution in [1.82, 2.24) is 21.3 Å². The summed E-state index contributed by atoms with van der Waals surface area (Å²) < 4.78 is 0. The average Bonchev–Trinajstić information content (AvgIpc) is 2.97. The fourth-order valence-corrected chi connectivity index (χ4v) is 5.04. The molecule has 3 rings (SSSR count). The number of rotatable bonds is 14. The number of aldehydes is 1. The summed E-state index contributed by atoms with van der Waals surface area (Å²) in [7, 11) is 0. The molecule has 1 heterocycles. The Morgan fingerprint density at radius 2 is 1.67 bits per heavy atom. The number of hydrogen-bond donors (Lipinski definition) is 4. The molecule has 4 atom stereocenters. The van der Waals surface area contributed by atoms with E-state index in [2.05, 4.69) is 21.3 Å². The fraction of sp³-hybridized carbons (Fsp3) is 0.406. The number of hydrogen-bond acceptors (Lipinski definition) is 5. The van der Waals surface area contributed by atoms with Crippen LogP contribution < -0.4 is 21.3 Å². The average molecular weight is 595 g/mol. The van der Waals surface area contributed by atoms with Crippen LogP contribution in [0, 0.1) is 11.8 Å². The number of piperidine rings is 1. The standard InChI is InChI=1S/C32H39ClN4O5/c1-21(2)17-27(31(41)35-25(20-38)18-24-12-8-16-34-30(24)40)37-32(42)28(19-23-11-6-7-13-26(23)33)36-29(39)15-14-22-9-4-3-5-10-22/h3-7,9-11,13-15,20-21,24-25,27-28H,8,12,16-19H2,1-2H3,(H,34,40)(H,35,41)(H,36,39)(H,37,42)/t24-,25-,27-,28-/m0/s1. The van der Waals surface area contributed by atoms with Crippen LogP contribution in [0.1, 0.15) is 50.7 Å². The summed E-state index contributed by atoms with van der Waals surface area (Å²) in [5.41, 5.74) is 1.48. The second-order valence-electron chi connectivity index (χ2n) is 10.9. The highest BCUT2D eigenvalue weighted by Crippen LogP contribution is 2.19. The lowest BCUT2D eigenvalue weighted by Crippen LogP contribution is -2.56. The van der Waals surface area contributed by atoms with E-state index in [1.54, 1.807) is 30.3 Å². The van der Waals surface area contributed by atoms with Crippen molar-refractivity contribution in [3.63, 3.8) is 0 Å². The molecule has 2 aromatic carbocycles. The van der Waals surface area contributed by atoms with E-state index in [1.807, 2.05) is 44.2 Å². The summed E-state index contributed by atoms with van der Waals surface area (Å²) >= 11 is 6.36. The molecular weight excluding hydrogens is 556 g/mol. The van der Waals surface area contributed by atoms with Gasteiger partial charge in [0.15, 0.2) is 0 Å². The van der Waals surface area contributed by atoms with Gasteiger partial charge in [-0.05, 0) is 54.9 Å². The SMILES string of the molecule is CC(C)C[C@H](NC(=O)[C@H](Cc1ccccc1Cl)NC(=O)C=Cc1ccccc1)C(=O)N[C@H](C=O)C[C@@H]1CCCNC1=O. The van der Waals surface area contributed by atoms with Crippen molar-refractivity contribution in [2.45, 2.75) is 64.1 Å². The maximum atomic E-state index is 13.6. The molecule has 42 heavy (non-hydrogen) atoms. The van der Waals surface area contributed by atoms with Crippen LogP contribution in [0.4, 0.5) is 0 Å². The van der Waals surface area contributed by atoms with Crippen molar-refractivity contribution in [2.24, 2.45) is 11.8 Å². The predicted octanol–water partition coefficient (Wildman–Crippen LogP) is 3.21. The number of benzene rings is 2. The van der Waals surface area contributed by atoms with E-state index < -0.39 is 35.8 Å². The molecule has 0 spiro atoms. The van der Waals surface area contributed by atoms with Crippen LogP contribution in [0.3, 0.4) is 0 Å². The molecule has 9 nitrogen and oxygen atoms in total. The van der Waals surface area contributed by atoms with Crippen LogP contribution in [0.25, 0.3) is 6.08 Å². The van der Waals surface area contributed by atoms with E-state index in [9.17, 15) is 24.0 Å². The van der Waals surface area contributed by atoms with Gasteiger partial charge in [-0.1, -0.05) is 74.0 Å². The topological polar surface area (TPSA) is 133 Å². The summed E-state index contributed by atoms with van der Waals surface area (Å²) in [6.07, 6.45) is 5.63. The Bertz CT molecular complexity index is 1270. The Hall–Kier alpha value is -3.98. The third kappa shape index (κ3) is 10.4. The first kappa shape index (κ1) is 32.5. The van der Waals surface area contributed by atoms with Crippen LogP contribution >= 0.6 is 11.6 Å². The largest absolute Gasteiger partial charge is 0.356 e. The highest BCUT2D eigenvalue weighted by atomic mass is 35.5. The summed E-state index contributed by atoms with van der Waals surface area (Å²) in [4.78, 5) is 63.7. The first-order valence-corrected chi connectivity index (χ1v) is 14.6. The van der Waals surface area contributed by atoms with E-state index in [1.165, 1.54) is 6.08 Å². The number of amides is 4. The molecule has 0 saturated carbocycles. The Morgan fingerprint density at radius 3 is 2.33 bits per heavy atom. The normalized spacial score (nSPS) is 17.1. The summed E-state index contributed by atoms with van der Waals surface area (Å²) in [6.45, 7) is 4.42. The Morgan fingerprint density at radius 1 is 0.976 bits per heavy atom. The molecule has 0 radical (unpaired) electrons. The smallest absolute Gasteiger partial charge is 0.244 e. The molecule has 1 aliphatic heterocycles. The second-order valence-corrected chi connectivity index (χ2v) is 11.3. The van der Waals surface area contributed by atoms with Crippen molar-refractivity contribution in [3.8, 4) is 0 Å². The van der Waals surface area contributed by atoms with Crippen LogP contribution in [-0.2, 0) is 30.4 Å². The lowest BCUT2D eigenvalue weighted by atomic mass is 9.91. The minimum absolute atomic E-state index is 0.0327. The molecule has 1 aliphatic rings. The Balaban J connectivity index is 1.74. The Labute approximate surface area is 251 Å². The van der Waals surface area contributed by atoms with Crippen molar-refractivity contribution in [1.29, 1.82) is 0 Å². The lowest BCUT2D eigenvalue weighted by Gasteiger charge is -2.27. The lowest BCUT2D eigenvalue weighted by molar-refractivity contribution is -0.133. The molecule has 0 bridgehead atoms. The van der Waals surface area contributed by atoms with E-state index in [0.717, 1.165) is 12.0 Å². The van der Waals surface area contributed by atoms with Crippen LogP contribution in [0.5, 0.6) is 0 Å². The molecule has 1 fully saturated rings. The summed E-state index contributed by atoms with van der Waals surface area (Å²) in [5.74, 6) is -2.04. The molecule has 2 aromatic rings. The van der Waals surface area contributed by atoms with E-state index in [0.29, 0.717) is 36.3 Å². The Kier molecular flexibility index (Phi) is 12.7. The van der Waals surface area contributed by atoms with Gasteiger partial charge in [0.25, 0.3) is 0 Å². The van der Waals surface area contributed by atoms with Gasteiger partial charge in [-0.15, -0.1) is 0 Å². The van der Waals surface area contributed by atoms with Gasteiger partial charge in [0.1, 0.15) is 18.4 Å². The second kappa shape index (κ2) is 16.5. The molecule has 0 aromatic heterocycles. The predicted molar refractivity (Wildman–Crippen MR) is 162 cm³/mol. The first-order chi connectivity index (χ1) is 20.2. The highest BCUT2D eigenvalue weighted by Gasteiger charge is 2.31. The monoisotopic (exact) mass is 594 g/mol. The minimum atomic E-state index is -1.03. The molecule has 0 unspecified atom stereocenters. The zero-order valence-corrected chi connectivity index (χ0v) is 24.7. The molecule has 10 heteroatoms. The van der Waals surface area contributed by atoms with Crippen molar-refractivity contribution < 1.29 is 24.0 Å². The molecule has 1 saturated heterocycles. The molecule has 0 aliphatic carbocycles. The van der Waals surface area contributed by atoms with Gasteiger partial charge < -0.3 is 26.1 Å². The third-order valence-electron chi connectivity index (χ3n) is 7.01. The number of nitrogens with one attached hydrogen (secondary N) is 4. The molecular formula is C32H39ClN4O5. The number of carbonyl (C=O) groups is 5. The van der Waals surface area contributed by atoms with E-state index >= 15 is 0 Å². The molecule has 4 N–H and O–H groups in total. The maximum Gasteiger partial charge on any atom is 0.244 e. The van der Waals surface area contributed by atoms with Gasteiger partial charge in [0.05, 0.1) is 6.04 Å². The van der Waals surface area contributed by atoms with Crippen LogP contribution in [0.2, 0.25) is 5.02 Å². The fourth-order valence-electron chi connectivity index (χ4n) is 4.82. The maximum absolute atomic E-state index is 13.6. The first-order valence-electron chi connectivity index (χ1n) is 14.3. The third-order valence-corrected chi connectivity index (χ3v) is 7.38. The highest BCUT2D eigenvalue weighted by molar-refractivity contribution is 6.31. The number of carbonyl (C=O) groups excluding carboxylic acids is 5. The van der Waals surface area contributed by atoms with E-state index in [-0.39, 0.29) is 30.6 Å². The zero-order valence-electron chi connectivity index (χ0n) is 24.0. The quantitative estimate of drug-likeness (QED) is 0.197. The molecule has 4 amide bonds. The summed E-state index contributed by atoms with van der Waals surface area (Å²) in [6, 6.07) is 13.4. The van der Waals surface area contributed by atoms with Gasteiger partial charge >= 0.3 is 0 Å². The van der Waals surface area contributed by atoms with Crippen molar-refractivity contribution in [2.75, 3.05) is 6.54 Å².